The van der Waals surface area contributed by atoms with Crippen molar-refractivity contribution >= 4 is 0 Å². The molecule has 0 aliphatic carbocycles. The minimum Gasteiger partial charge on any atom is -0.463 e. The Morgan fingerprint density at radius 1 is 1.30 bits per heavy atom. The second-order valence-corrected chi connectivity index (χ2v) is 6.74. The fourth-order valence-corrected chi connectivity index (χ4v) is 2.23. The molecule has 0 saturated heterocycles. The summed E-state index contributed by atoms with van der Waals surface area (Å²) in [6, 6.07) is 2.78. The topological polar surface area (TPSA) is 28.4 Å². The average Bonchev–Trinajstić information content (AvgIpc) is 2.72. The highest BCUT2D eigenvalue weighted by Crippen LogP contribution is 2.18. The number of hydrogen-bond donors (Lipinski definition) is 1. The molecule has 0 aliphatic rings. The lowest BCUT2D eigenvalue weighted by atomic mass is 10.1. The summed E-state index contributed by atoms with van der Waals surface area (Å²) in [6.07, 6.45) is 1.17. The van der Waals surface area contributed by atoms with E-state index in [1.165, 1.54) is 12.0 Å². The maximum Gasteiger partial charge on any atom is 0.120 e. The third-order valence-electron chi connectivity index (χ3n) is 3.83. The second kappa shape index (κ2) is 7.28. The molecule has 0 fully saturated rings. The summed E-state index contributed by atoms with van der Waals surface area (Å²) in [7, 11) is 0. The summed E-state index contributed by atoms with van der Waals surface area (Å²) < 4.78 is 6.03. The van der Waals surface area contributed by atoms with E-state index in [0.717, 1.165) is 31.2 Å². The number of rotatable bonds is 7. The van der Waals surface area contributed by atoms with Gasteiger partial charge in [0.2, 0.25) is 0 Å². The van der Waals surface area contributed by atoms with Gasteiger partial charge < -0.3 is 9.73 Å². The highest BCUT2D eigenvalue weighted by atomic mass is 16.3. The van der Waals surface area contributed by atoms with E-state index in [-0.39, 0.29) is 5.54 Å². The molecule has 0 aromatic carbocycles. The van der Waals surface area contributed by atoms with Crippen LogP contribution in [0.1, 0.15) is 65.0 Å². The zero-order chi connectivity index (χ0) is 15.3. The summed E-state index contributed by atoms with van der Waals surface area (Å²) in [4.78, 5) is 2.46. The maximum atomic E-state index is 6.03. The van der Waals surface area contributed by atoms with E-state index in [2.05, 4.69) is 64.7 Å². The van der Waals surface area contributed by atoms with Crippen molar-refractivity contribution in [1.82, 2.24) is 10.2 Å². The first-order valence-electron chi connectivity index (χ1n) is 7.84. The fourth-order valence-electron chi connectivity index (χ4n) is 2.23. The number of furan rings is 1. The SMILES string of the molecule is CCC(C)N(CC)Cc1cc(C)c(CNC(C)(C)C)o1. The van der Waals surface area contributed by atoms with E-state index < -0.39 is 0 Å². The summed E-state index contributed by atoms with van der Waals surface area (Å²) in [6.45, 7) is 18.1. The van der Waals surface area contributed by atoms with Crippen molar-refractivity contribution in [2.75, 3.05) is 6.54 Å². The quantitative estimate of drug-likeness (QED) is 0.815. The zero-order valence-corrected chi connectivity index (χ0v) is 14.3. The van der Waals surface area contributed by atoms with Gasteiger partial charge in [0.25, 0.3) is 0 Å². The van der Waals surface area contributed by atoms with Crippen LogP contribution in [0.5, 0.6) is 0 Å². The van der Waals surface area contributed by atoms with Gasteiger partial charge in [0, 0.05) is 11.6 Å². The van der Waals surface area contributed by atoms with Crippen LogP contribution >= 0.6 is 0 Å². The van der Waals surface area contributed by atoms with Crippen molar-refractivity contribution < 1.29 is 4.42 Å². The molecule has 1 atom stereocenters. The Balaban J connectivity index is 2.69. The van der Waals surface area contributed by atoms with Gasteiger partial charge in [-0.05, 0) is 59.2 Å². The van der Waals surface area contributed by atoms with Crippen LogP contribution in [0.2, 0.25) is 0 Å². The van der Waals surface area contributed by atoms with Crippen LogP contribution in [-0.2, 0) is 13.1 Å². The monoisotopic (exact) mass is 280 g/mol. The first-order chi connectivity index (χ1) is 9.26. The van der Waals surface area contributed by atoms with Crippen molar-refractivity contribution in [3.63, 3.8) is 0 Å². The standard InChI is InChI=1S/C17H32N2O/c1-8-14(4)19(9-2)12-15-10-13(3)16(20-15)11-18-17(5,6)7/h10,14,18H,8-9,11-12H2,1-7H3. The van der Waals surface area contributed by atoms with E-state index in [9.17, 15) is 0 Å². The van der Waals surface area contributed by atoms with Gasteiger partial charge in [0.15, 0.2) is 0 Å². The highest BCUT2D eigenvalue weighted by molar-refractivity contribution is 5.20. The van der Waals surface area contributed by atoms with Crippen LogP contribution in [0.4, 0.5) is 0 Å². The van der Waals surface area contributed by atoms with Crippen LogP contribution in [0, 0.1) is 6.92 Å². The van der Waals surface area contributed by atoms with E-state index in [4.69, 9.17) is 4.42 Å². The molecule has 1 aromatic heterocycles. The molecule has 0 radical (unpaired) electrons. The molecule has 20 heavy (non-hydrogen) atoms. The van der Waals surface area contributed by atoms with E-state index in [0.29, 0.717) is 6.04 Å². The first-order valence-corrected chi connectivity index (χ1v) is 7.84. The van der Waals surface area contributed by atoms with E-state index in [1.807, 2.05) is 0 Å². The Kier molecular flexibility index (Phi) is 6.28. The van der Waals surface area contributed by atoms with Gasteiger partial charge in [0.1, 0.15) is 11.5 Å². The Hall–Kier alpha value is -0.800. The normalized spacial score (nSPS) is 14.0. The third kappa shape index (κ3) is 5.29. The van der Waals surface area contributed by atoms with Crippen molar-refractivity contribution in [3.8, 4) is 0 Å². The molecule has 0 spiro atoms. The summed E-state index contributed by atoms with van der Waals surface area (Å²) >= 11 is 0. The summed E-state index contributed by atoms with van der Waals surface area (Å²) in [5, 5.41) is 3.49. The molecular weight excluding hydrogens is 248 g/mol. The molecular formula is C17H32N2O. The molecule has 1 aromatic rings. The fraction of sp³-hybridized carbons (Fsp3) is 0.765. The molecule has 0 aliphatic heterocycles. The van der Waals surface area contributed by atoms with Crippen molar-refractivity contribution in [1.29, 1.82) is 0 Å². The molecule has 3 heteroatoms. The third-order valence-corrected chi connectivity index (χ3v) is 3.83. The number of nitrogens with zero attached hydrogens (tertiary/aromatic N) is 1. The summed E-state index contributed by atoms with van der Waals surface area (Å²) in [5.41, 5.74) is 1.36. The molecule has 1 N–H and O–H groups in total. The minimum atomic E-state index is 0.117. The van der Waals surface area contributed by atoms with Crippen molar-refractivity contribution in [3.05, 3.63) is 23.2 Å². The molecule has 0 amide bonds. The summed E-state index contributed by atoms with van der Waals surface area (Å²) in [5.74, 6) is 2.14. The van der Waals surface area contributed by atoms with Gasteiger partial charge in [-0.15, -0.1) is 0 Å². The number of aryl methyl sites for hydroxylation is 1. The smallest absolute Gasteiger partial charge is 0.120 e. The molecule has 0 bridgehead atoms. The molecule has 3 nitrogen and oxygen atoms in total. The Morgan fingerprint density at radius 2 is 1.95 bits per heavy atom. The largest absolute Gasteiger partial charge is 0.463 e. The van der Waals surface area contributed by atoms with Crippen LogP contribution in [-0.4, -0.2) is 23.0 Å². The second-order valence-electron chi connectivity index (χ2n) is 6.74. The van der Waals surface area contributed by atoms with Crippen LogP contribution in [0.15, 0.2) is 10.5 Å². The lowest BCUT2D eigenvalue weighted by molar-refractivity contribution is 0.188. The number of nitrogens with one attached hydrogen (secondary N) is 1. The zero-order valence-electron chi connectivity index (χ0n) is 14.3. The maximum absolute atomic E-state index is 6.03. The Labute approximate surface area is 124 Å². The average molecular weight is 280 g/mol. The predicted octanol–water partition coefficient (Wildman–Crippen LogP) is 4.10. The first kappa shape index (κ1) is 17.3. The van der Waals surface area contributed by atoms with Gasteiger partial charge in [-0.25, -0.2) is 0 Å². The van der Waals surface area contributed by atoms with Crippen LogP contribution in [0.25, 0.3) is 0 Å². The minimum absolute atomic E-state index is 0.117. The van der Waals surface area contributed by atoms with Gasteiger partial charge in [-0.2, -0.15) is 0 Å². The van der Waals surface area contributed by atoms with Crippen LogP contribution in [0.3, 0.4) is 0 Å². The van der Waals surface area contributed by atoms with Gasteiger partial charge in [-0.3, -0.25) is 4.90 Å². The lowest BCUT2D eigenvalue weighted by Gasteiger charge is -2.25. The lowest BCUT2D eigenvalue weighted by Crippen LogP contribution is -2.35. The molecule has 1 rings (SSSR count). The highest BCUT2D eigenvalue weighted by Gasteiger charge is 2.16. The van der Waals surface area contributed by atoms with E-state index >= 15 is 0 Å². The van der Waals surface area contributed by atoms with Crippen LogP contribution < -0.4 is 5.32 Å². The Morgan fingerprint density at radius 3 is 2.45 bits per heavy atom. The molecule has 1 unspecified atom stereocenters. The van der Waals surface area contributed by atoms with Gasteiger partial charge in [0.05, 0.1) is 13.1 Å². The molecule has 0 saturated carbocycles. The molecule has 1 heterocycles. The van der Waals surface area contributed by atoms with Gasteiger partial charge in [-0.1, -0.05) is 13.8 Å². The Bertz CT molecular complexity index is 404. The predicted molar refractivity (Wildman–Crippen MR) is 85.9 cm³/mol. The van der Waals surface area contributed by atoms with E-state index in [1.54, 1.807) is 0 Å². The van der Waals surface area contributed by atoms with Gasteiger partial charge >= 0.3 is 0 Å². The van der Waals surface area contributed by atoms with Crippen molar-refractivity contribution in [2.24, 2.45) is 0 Å². The van der Waals surface area contributed by atoms with Crippen molar-refractivity contribution in [2.45, 2.75) is 79.6 Å². The number of hydrogen-bond acceptors (Lipinski definition) is 3. The molecule has 116 valence electrons.